The standard InChI is InChI=1S/C13H10F3N3/c1-2-11-17-13-8(3-4-19(13)18-11)7-5-9(14)12(16)10(15)6-7/h2,5-6,8H,1,3-4H2/t8-/m1/s1. The summed E-state index contributed by atoms with van der Waals surface area (Å²) in [7, 11) is 0. The van der Waals surface area contributed by atoms with Gasteiger partial charge in [0, 0.05) is 12.5 Å². The molecule has 0 spiro atoms. The minimum Gasteiger partial charge on any atom is -0.249 e. The maximum atomic E-state index is 13.3. The molecule has 0 saturated heterocycles. The summed E-state index contributed by atoms with van der Waals surface area (Å²) in [5.74, 6) is -2.99. The van der Waals surface area contributed by atoms with E-state index in [1.807, 2.05) is 0 Å². The van der Waals surface area contributed by atoms with Crippen LogP contribution in [0.15, 0.2) is 18.7 Å². The van der Waals surface area contributed by atoms with E-state index in [0.717, 1.165) is 12.1 Å². The van der Waals surface area contributed by atoms with Crippen molar-refractivity contribution in [3.63, 3.8) is 0 Å². The number of hydrogen-bond donors (Lipinski definition) is 0. The van der Waals surface area contributed by atoms with E-state index in [0.29, 0.717) is 30.2 Å². The molecule has 0 N–H and O–H groups in total. The maximum absolute atomic E-state index is 13.3. The highest BCUT2D eigenvalue weighted by atomic mass is 19.2. The topological polar surface area (TPSA) is 30.7 Å². The zero-order valence-electron chi connectivity index (χ0n) is 9.91. The summed E-state index contributed by atoms with van der Waals surface area (Å²) in [6, 6.07) is 2.03. The van der Waals surface area contributed by atoms with Crippen LogP contribution in [0.3, 0.4) is 0 Å². The Labute approximate surface area is 107 Å². The molecule has 6 heteroatoms. The molecule has 3 nitrogen and oxygen atoms in total. The van der Waals surface area contributed by atoms with Crippen molar-refractivity contribution in [2.45, 2.75) is 18.9 Å². The van der Waals surface area contributed by atoms with Crippen molar-refractivity contribution >= 4 is 6.08 Å². The molecule has 0 saturated carbocycles. The zero-order chi connectivity index (χ0) is 13.6. The molecule has 1 aromatic carbocycles. The average Bonchev–Trinajstić information content (AvgIpc) is 2.94. The van der Waals surface area contributed by atoms with Crippen LogP contribution >= 0.6 is 0 Å². The van der Waals surface area contributed by atoms with Gasteiger partial charge in [-0.25, -0.2) is 22.8 Å². The van der Waals surface area contributed by atoms with Gasteiger partial charge in [0.25, 0.3) is 0 Å². The van der Waals surface area contributed by atoms with Crippen LogP contribution in [-0.4, -0.2) is 14.8 Å². The van der Waals surface area contributed by atoms with E-state index in [1.165, 1.54) is 6.08 Å². The van der Waals surface area contributed by atoms with E-state index in [9.17, 15) is 13.2 Å². The molecule has 1 aromatic heterocycles. The number of halogens is 3. The lowest BCUT2D eigenvalue weighted by Gasteiger charge is -2.09. The van der Waals surface area contributed by atoms with E-state index in [2.05, 4.69) is 16.7 Å². The number of hydrogen-bond acceptors (Lipinski definition) is 2. The van der Waals surface area contributed by atoms with Gasteiger partial charge in [-0.3, -0.25) is 0 Å². The van der Waals surface area contributed by atoms with Crippen molar-refractivity contribution in [2.24, 2.45) is 0 Å². The lowest BCUT2D eigenvalue weighted by molar-refractivity contribution is 0.444. The fourth-order valence-electron chi connectivity index (χ4n) is 2.35. The molecule has 0 bridgehead atoms. The first-order valence-electron chi connectivity index (χ1n) is 5.81. The van der Waals surface area contributed by atoms with Gasteiger partial charge in [0.1, 0.15) is 5.82 Å². The smallest absolute Gasteiger partial charge is 0.194 e. The van der Waals surface area contributed by atoms with Crippen LogP contribution in [0.5, 0.6) is 0 Å². The van der Waals surface area contributed by atoms with E-state index >= 15 is 0 Å². The Morgan fingerprint density at radius 1 is 1.26 bits per heavy atom. The molecule has 1 atom stereocenters. The molecule has 2 heterocycles. The van der Waals surface area contributed by atoms with Crippen LogP contribution in [0.2, 0.25) is 0 Å². The Hall–Kier alpha value is -2.11. The Balaban J connectivity index is 2.05. The zero-order valence-corrected chi connectivity index (χ0v) is 9.91. The third-order valence-corrected chi connectivity index (χ3v) is 3.25. The molecule has 0 amide bonds. The molecule has 0 unspecified atom stereocenters. The number of nitrogens with zero attached hydrogens (tertiary/aromatic N) is 3. The number of benzene rings is 1. The summed E-state index contributed by atoms with van der Waals surface area (Å²) in [5.41, 5.74) is 0.373. The van der Waals surface area contributed by atoms with Crippen LogP contribution in [-0.2, 0) is 6.54 Å². The van der Waals surface area contributed by atoms with Crippen molar-refractivity contribution in [2.75, 3.05) is 0 Å². The molecule has 98 valence electrons. The summed E-state index contributed by atoms with van der Waals surface area (Å²) in [4.78, 5) is 4.24. The minimum absolute atomic E-state index is 0.272. The third-order valence-electron chi connectivity index (χ3n) is 3.25. The summed E-state index contributed by atoms with van der Waals surface area (Å²) in [6.07, 6.45) is 2.14. The van der Waals surface area contributed by atoms with Crippen molar-refractivity contribution in [1.82, 2.24) is 14.8 Å². The number of aromatic nitrogens is 3. The van der Waals surface area contributed by atoms with E-state index < -0.39 is 17.5 Å². The molecular formula is C13H10F3N3. The Bertz CT molecular complexity index is 640. The van der Waals surface area contributed by atoms with Gasteiger partial charge < -0.3 is 0 Å². The van der Waals surface area contributed by atoms with Gasteiger partial charge in [0.05, 0.1) is 0 Å². The van der Waals surface area contributed by atoms with Gasteiger partial charge in [0.15, 0.2) is 23.3 Å². The van der Waals surface area contributed by atoms with Crippen molar-refractivity contribution < 1.29 is 13.2 Å². The second kappa shape index (κ2) is 4.22. The lowest BCUT2D eigenvalue weighted by atomic mass is 9.97. The van der Waals surface area contributed by atoms with Gasteiger partial charge in [-0.15, -0.1) is 0 Å². The Kier molecular flexibility index (Phi) is 2.66. The molecular weight excluding hydrogens is 255 g/mol. The normalized spacial score (nSPS) is 17.5. The largest absolute Gasteiger partial charge is 0.249 e. The maximum Gasteiger partial charge on any atom is 0.194 e. The summed E-state index contributed by atoms with van der Waals surface area (Å²) < 4.78 is 41.2. The summed E-state index contributed by atoms with van der Waals surface area (Å²) in [6.45, 7) is 4.19. The highest BCUT2D eigenvalue weighted by Gasteiger charge is 2.29. The fourth-order valence-corrected chi connectivity index (χ4v) is 2.35. The second-order valence-corrected chi connectivity index (χ2v) is 4.40. The van der Waals surface area contributed by atoms with Crippen molar-refractivity contribution in [3.05, 3.63) is 53.4 Å². The van der Waals surface area contributed by atoms with Gasteiger partial charge in [-0.2, -0.15) is 5.10 Å². The molecule has 0 radical (unpaired) electrons. The van der Waals surface area contributed by atoms with Crippen LogP contribution in [0.4, 0.5) is 13.2 Å². The minimum atomic E-state index is -1.45. The fraction of sp³-hybridized carbons (Fsp3) is 0.231. The van der Waals surface area contributed by atoms with Crippen molar-refractivity contribution in [1.29, 1.82) is 0 Å². The predicted molar refractivity (Wildman–Crippen MR) is 62.9 cm³/mol. The number of aryl methyl sites for hydroxylation is 1. The molecule has 1 aliphatic heterocycles. The highest BCUT2D eigenvalue weighted by molar-refractivity contribution is 5.37. The number of rotatable bonds is 2. The van der Waals surface area contributed by atoms with Crippen LogP contribution < -0.4 is 0 Å². The van der Waals surface area contributed by atoms with Crippen LogP contribution in [0.1, 0.15) is 29.6 Å². The Morgan fingerprint density at radius 3 is 2.58 bits per heavy atom. The average molecular weight is 265 g/mol. The molecule has 3 rings (SSSR count). The quantitative estimate of drug-likeness (QED) is 0.782. The first kappa shape index (κ1) is 12.0. The van der Waals surface area contributed by atoms with Gasteiger partial charge >= 0.3 is 0 Å². The second-order valence-electron chi connectivity index (χ2n) is 4.40. The third kappa shape index (κ3) is 1.83. The Morgan fingerprint density at radius 2 is 1.95 bits per heavy atom. The molecule has 0 fully saturated rings. The monoisotopic (exact) mass is 265 g/mol. The molecule has 2 aromatic rings. The molecule has 0 aliphatic carbocycles. The SMILES string of the molecule is C=Cc1nc2n(n1)CC[C@@H]2c1cc(F)c(F)c(F)c1. The van der Waals surface area contributed by atoms with E-state index in [1.54, 1.807) is 4.68 Å². The first-order chi connectivity index (χ1) is 9.10. The molecule has 19 heavy (non-hydrogen) atoms. The van der Waals surface area contributed by atoms with Gasteiger partial charge in [0.2, 0.25) is 0 Å². The first-order valence-corrected chi connectivity index (χ1v) is 5.81. The van der Waals surface area contributed by atoms with Crippen LogP contribution in [0, 0.1) is 17.5 Å². The van der Waals surface area contributed by atoms with E-state index in [-0.39, 0.29) is 5.92 Å². The lowest BCUT2D eigenvalue weighted by Crippen LogP contribution is -2.02. The highest BCUT2D eigenvalue weighted by Crippen LogP contribution is 2.34. The summed E-state index contributed by atoms with van der Waals surface area (Å²) >= 11 is 0. The number of fused-ring (bicyclic) bond motifs is 1. The molecule has 1 aliphatic rings. The van der Waals surface area contributed by atoms with E-state index in [4.69, 9.17) is 0 Å². The predicted octanol–water partition coefficient (Wildman–Crippen LogP) is 2.87. The van der Waals surface area contributed by atoms with Gasteiger partial charge in [-0.05, 0) is 30.2 Å². The summed E-state index contributed by atoms with van der Waals surface area (Å²) in [5, 5.41) is 4.17. The van der Waals surface area contributed by atoms with Crippen LogP contribution in [0.25, 0.3) is 6.08 Å². The van der Waals surface area contributed by atoms with Crippen molar-refractivity contribution in [3.8, 4) is 0 Å². The van der Waals surface area contributed by atoms with Gasteiger partial charge in [-0.1, -0.05) is 6.58 Å².